The molecular formula is C57H35N3O2S. The Morgan fingerprint density at radius 1 is 0.413 bits per heavy atom. The molecule has 0 saturated carbocycles. The summed E-state index contributed by atoms with van der Waals surface area (Å²) in [6.45, 7) is 0. The number of benzene rings is 8. The van der Waals surface area contributed by atoms with Gasteiger partial charge in [0.15, 0.2) is 17.5 Å². The van der Waals surface area contributed by atoms with Crippen LogP contribution in [0, 0.1) is 0 Å². The zero-order valence-electron chi connectivity index (χ0n) is 33.9. The van der Waals surface area contributed by atoms with Crippen molar-refractivity contribution < 1.29 is 8.83 Å². The van der Waals surface area contributed by atoms with Crippen molar-refractivity contribution in [1.82, 2.24) is 15.0 Å². The van der Waals surface area contributed by atoms with Crippen LogP contribution < -0.4 is 0 Å². The Morgan fingerprint density at radius 3 is 1.79 bits per heavy atom. The van der Waals surface area contributed by atoms with Gasteiger partial charge in [-0.3, -0.25) is 0 Å². The summed E-state index contributed by atoms with van der Waals surface area (Å²) in [7, 11) is 0. The summed E-state index contributed by atoms with van der Waals surface area (Å²) in [5.74, 6) is 1.79. The van der Waals surface area contributed by atoms with Crippen LogP contribution in [-0.4, -0.2) is 15.0 Å². The highest BCUT2D eigenvalue weighted by Gasteiger charge is 2.23. The van der Waals surface area contributed by atoms with E-state index in [0.29, 0.717) is 17.5 Å². The van der Waals surface area contributed by atoms with Crippen molar-refractivity contribution in [2.45, 2.75) is 12.8 Å². The van der Waals surface area contributed by atoms with Gasteiger partial charge < -0.3 is 8.83 Å². The average Bonchev–Trinajstić information content (AvgIpc) is 4.05. The second-order valence-corrected chi connectivity index (χ2v) is 17.3. The van der Waals surface area contributed by atoms with Crippen LogP contribution in [0.1, 0.15) is 16.9 Å². The smallest absolute Gasteiger partial charge is 0.164 e. The Kier molecular flexibility index (Phi) is 8.14. The molecule has 0 aliphatic heterocycles. The maximum Gasteiger partial charge on any atom is 0.164 e. The number of para-hydroxylation sites is 2. The molecule has 13 rings (SSSR count). The molecule has 0 spiro atoms. The fourth-order valence-electron chi connectivity index (χ4n) is 9.33. The predicted molar refractivity (Wildman–Crippen MR) is 260 cm³/mol. The van der Waals surface area contributed by atoms with Crippen molar-refractivity contribution in [3.63, 3.8) is 0 Å². The molecule has 296 valence electrons. The number of allylic oxidation sites excluding steroid dienone is 1. The summed E-state index contributed by atoms with van der Waals surface area (Å²) in [4.78, 5) is 17.5. The van der Waals surface area contributed by atoms with E-state index in [0.717, 1.165) is 107 Å². The van der Waals surface area contributed by atoms with E-state index < -0.39 is 0 Å². The van der Waals surface area contributed by atoms with E-state index in [-0.39, 0.29) is 0 Å². The molecular weight excluding hydrogens is 791 g/mol. The number of fused-ring (bicyclic) bond motifs is 9. The minimum absolute atomic E-state index is 0.575. The monoisotopic (exact) mass is 825 g/mol. The van der Waals surface area contributed by atoms with E-state index in [1.54, 1.807) is 0 Å². The van der Waals surface area contributed by atoms with E-state index in [4.69, 9.17) is 23.8 Å². The third-order valence-corrected chi connectivity index (χ3v) is 13.6. The van der Waals surface area contributed by atoms with Crippen molar-refractivity contribution in [2.75, 3.05) is 0 Å². The van der Waals surface area contributed by atoms with Gasteiger partial charge >= 0.3 is 0 Å². The SMILES string of the molecule is C1=Cc2c(sc3cc(-c4nc(-c5cc(-c6ccccc6)cc(-c6ccccc6)c5)nc(-c5ccc(-c6ccc7c(c6)oc6ccccc67)c6oc7ccccc7c56)n4)ccc23)CC1. The number of hydrogen-bond acceptors (Lipinski definition) is 6. The van der Waals surface area contributed by atoms with Gasteiger partial charge in [-0.2, -0.15) is 0 Å². The first kappa shape index (κ1) is 35.8. The highest BCUT2D eigenvalue weighted by atomic mass is 32.1. The topological polar surface area (TPSA) is 65.0 Å². The predicted octanol–water partition coefficient (Wildman–Crippen LogP) is 15.8. The van der Waals surface area contributed by atoms with Gasteiger partial charge in [-0.1, -0.05) is 127 Å². The second kappa shape index (κ2) is 14.3. The molecule has 0 saturated heterocycles. The number of rotatable bonds is 6. The second-order valence-electron chi connectivity index (χ2n) is 16.2. The third-order valence-electron chi connectivity index (χ3n) is 12.4. The Bertz CT molecular complexity index is 3750. The van der Waals surface area contributed by atoms with Crippen LogP contribution in [0.2, 0.25) is 0 Å². The van der Waals surface area contributed by atoms with Crippen molar-refractivity contribution in [2.24, 2.45) is 0 Å². The number of thiophene rings is 1. The molecule has 0 bridgehead atoms. The number of nitrogens with zero attached hydrogens (tertiary/aromatic N) is 3. The Labute approximate surface area is 366 Å². The minimum atomic E-state index is 0.575. The van der Waals surface area contributed by atoms with Gasteiger partial charge in [-0.15, -0.1) is 11.3 Å². The van der Waals surface area contributed by atoms with Crippen molar-refractivity contribution in [1.29, 1.82) is 0 Å². The molecule has 0 unspecified atom stereocenters. The zero-order chi connectivity index (χ0) is 41.4. The summed E-state index contributed by atoms with van der Waals surface area (Å²) in [6.07, 6.45) is 6.70. The molecule has 63 heavy (non-hydrogen) atoms. The first-order chi connectivity index (χ1) is 31.2. The van der Waals surface area contributed by atoms with Crippen LogP contribution in [0.4, 0.5) is 0 Å². The van der Waals surface area contributed by atoms with Gasteiger partial charge in [0.05, 0.1) is 0 Å². The van der Waals surface area contributed by atoms with Crippen molar-refractivity contribution in [3.8, 4) is 67.5 Å². The highest BCUT2D eigenvalue weighted by molar-refractivity contribution is 7.19. The molecule has 0 fully saturated rings. The van der Waals surface area contributed by atoms with Crippen LogP contribution in [0.3, 0.4) is 0 Å². The van der Waals surface area contributed by atoms with Gasteiger partial charge in [-0.25, -0.2) is 15.0 Å². The Morgan fingerprint density at radius 2 is 1.02 bits per heavy atom. The molecule has 4 heterocycles. The fraction of sp³-hybridized carbons (Fsp3) is 0.0351. The lowest BCUT2D eigenvalue weighted by Crippen LogP contribution is -2.01. The first-order valence-electron chi connectivity index (χ1n) is 21.3. The largest absolute Gasteiger partial charge is 0.456 e. The van der Waals surface area contributed by atoms with Gasteiger partial charge in [0.2, 0.25) is 0 Å². The van der Waals surface area contributed by atoms with E-state index in [1.165, 1.54) is 20.5 Å². The van der Waals surface area contributed by atoms with Crippen LogP contribution in [0.5, 0.6) is 0 Å². The molecule has 4 aromatic heterocycles. The van der Waals surface area contributed by atoms with E-state index >= 15 is 0 Å². The summed E-state index contributed by atoms with van der Waals surface area (Å²) < 4.78 is 14.4. The first-order valence-corrected chi connectivity index (χ1v) is 22.1. The summed E-state index contributed by atoms with van der Waals surface area (Å²) in [5, 5.41) is 5.40. The van der Waals surface area contributed by atoms with Gasteiger partial charge in [0.25, 0.3) is 0 Å². The summed E-state index contributed by atoms with van der Waals surface area (Å²) in [5.41, 5.74) is 13.7. The molecule has 0 radical (unpaired) electrons. The van der Waals surface area contributed by atoms with Crippen LogP contribution >= 0.6 is 11.3 Å². The summed E-state index contributed by atoms with van der Waals surface area (Å²) in [6, 6.07) is 61.4. The van der Waals surface area contributed by atoms with Gasteiger partial charge in [0.1, 0.15) is 22.3 Å². The van der Waals surface area contributed by atoms with Crippen LogP contribution in [0.25, 0.3) is 128 Å². The number of aromatic nitrogens is 3. The maximum atomic E-state index is 6.81. The molecule has 5 nitrogen and oxygen atoms in total. The highest BCUT2D eigenvalue weighted by Crippen LogP contribution is 2.44. The van der Waals surface area contributed by atoms with Crippen LogP contribution in [0.15, 0.2) is 191 Å². The molecule has 12 aromatic rings. The molecule has 0 amide bonds. The lowest BCUT2D eigenvalue weighted by Gasteiger charge is -2.13. The zero-order valence-corrected chi connectivity index (χ0v) is 34.7. The lowest BCUT2D eigenvalue weighted by molar-refractivity contribution is 0.668. The van der Waals surface area contributed by atoms with Gasteiger partial charge in [-0.05, 0) is 112 Å². The van der Waals surface area contributed by atoms with Crippen molar-refractivity contribution >= 4 is 71.4 Å². The molecule has 0 N–H and O–H groups in total. The fourth-order valence-corrected chi connectivity index (χ4v) is 10.6. The van der Waals surface area contributed by atoms with E-state index in [2.05, 4.69) is 158 Å². The van der Waals surface area contributed by atoms with E-state index in [9.17, 15) is 0 Å². The quantitative estimate of drug-likeness (QED) is 0.167. The number of furan rings is 2. The van der Waals surface area contributed by atoms with Gasteiger partial charge in [0, 0.05) is 53.4 Å². The number of hydrogen-bond donors (Lipinski definition) is 0. The average molecular weight is 826 g/mol. The molecule has 0 atom stereocenters. The standard InChI is InChI=1S/C57H35N3O2S/c1-3-13-34(14-4-1)38-29-39(35-15-5-2-6-16-35)31-40(30-38)56-58-55(37-24-26-45-44-18-9-12-22-51(44)63-52(45)33-37)59-57(60-56)47-28-27-41(54-53(47)46-19-8-11-21-49(46)62-54)36-23-25-43-42-17-7-10-20-48(42)61-50(43)32-36/h1-11,13-21,23-33H,12,22H2. The summed E-state index contributed by atoms with van der Waals surface area (Å²) >= 11 is 1.87. The molecule has 8 aromatic carbocycles. The molecule has 1 aliphatic carbocycles. The number of aryl methyl sites for hydroxylation is 1. The Balaban J connectivity index is 1.05. The molecule has 1 aliphatic rings. The van der Waals surface area contributed by atoms with Crippen molar-refractivity contribution in [3.05, 3.63) is 192 Å². The Hall–Kier alpha value is -7.93. The molecule has 6 heteroatoms. The van der Waals surface area contributed by atoms with E-state index in [1.807, 2.05) is 41.7 Å². The minimum Gasteiger partial charge on any atom is -0.456 e. The maximum absolute atomic E-state index is 6.81. The normalized spacial score (nSPS) is 12.6. The third kappa shape index (κ3) is 6.02. The van der Waals surface area contributed by atoms with Crippen LogP contribution in [-0.2, 0) is 6.42 Å². The lowest BCUT2D eigenvalue weighted by atomic mass is 9.95.